The summed E-state index contributed by atoms with van der Waals surface area (Å²) in [5, 5.41) is 9.16. The molecule has 1 aromatic rings. The molecule has 0 saturated heterocycles. The third-order valence-corrected chi connectivity index (χ3v) is 2.00. The van der Waals surface area contributed by atoms with Crippen LogP contribution in [0, 0.1) is 0 Å². The van der Waals surface area contributed by atoms with Gasteiger partial charge in [0.1, 0.15) is 0 Å². The number of rotatable bonds is 1. The summed E-state index contributed by atoms with van der Waals surface area (Å²) in [7, 11) is -6.67. The molecule has 0 atom stereocenters. The molecule has 0 saturated carbocycles. The van der Waals surface area contributed by atoms with Gasteiger partial charge in [-0.1, -0.05) is 18.2 Å². The highest BCUT2D eigenvalue weighted by Gasteiger charge is 2.03. The lowest BCUT2D eigenvalue weighted by Gasteiger charge is -1.93. The van der Waals surface area contributed by atoms with Crippen LogP contribution in [0.25, 0.3) is 0 Å². The largest absolute Gasteiger partial charge is 0.238 e. The summed E-state index contributed by atoms with van der Waals surface area (Å²) >= 11 is 0. The maximum Gasteiger partial charge on any atom is 0.238 e. The molecule has 0 aliphatic carbocycles. The Hall–Kier alpha value is -0.960. The number of sulfonamides is 2. The van der Waals surface area contributed by atoms with Crippen LogP contribution in [0.3, 0.4) is 0 Å². The van der Waals surface area contributed by atoms with Gasteiger partial charge < -0.3 is 0 Å². The maximum atomic E-state index is 10.6. The zero-order valence-electron chi connectivity index (χ0n) is 7.99. The van der Waals surface area contributed by atoms with Crippen molar-refractivity contribution < 1.29 is 16.8 Å². The van der Waals surface area contributed by atoms with Gasteiger partial charge in [0.25, 0.3) is 0 Å². The van der Waals surface area contributed by atoms with Gasteiger partial charge in [0.2, 0.25) is 20.0 Å². The number of nitrogens with two attached hydrogens (primary N) is 2. The van der Waals surface area contributed by atoms with Crippen molar-refractivity contribution in [1.82, 2.24) is 0 Å². The van der Waals surface area contributed by atoms with Crippen LogP contribution < -0.4 is 10.3 Å². The monoisotopic (exact) mass is 252 g/mol. The van der Waals surface area contributed by atoms with E-state index in [4.69, 9.17) is 5.14 Å². The summed E-state index contributed by atoms with van der Waals surface area (Å²) in [6, 6.07) is 7.89. The first-order valence-electron chi connectivity index (χ1n) is 3.66. The predicted octanol–water partition coefficient (Wildman–Crippen LogP) is -0.761. The lowest BCUT2D eigenvalue weighted by Crippen LogP contribution is -2.11. The van der Waals surface area contributed by atoms with Gasteiger partial charge >= 0.3 is 0 Å². The molecule has 0 heterocycles. The summed E-state index contributed by atoms with van der Waals surface area (Å²) in [4.78, 5) is 0.148. The fraction of sp³-hybridized carbons (Fsp3) is 0.143. The van der Waals surface area contributed by atoms with E-state index in [1.165, 1.54) is 12.1 Å². The molecule has 0 bridgehead atoms. The van der Waals surface area contributed by atoms with Gasteiger partial charge in [-0.3, -0.25) is 0 Å². The van der Waals surface area contributed by atoms with Crippen LogP contribution in [-0.4, -0.2) is 23.1 Å². The Kier molecular flexibility index (Phi) is 4.88. The fourth-order valence-electron chi connectivity index (χ4n) is 0.610. The first-order chi connectivity index (χ1) is 6.61. The van der Waals surface area contributed by atoms with Crippen LogP contribution in [0.5, 0.6) is 0 Å². The third kappa shape index (κ3) is 9.35. The van der Waals surface area contributed by atoms with Crippen molar-refractivity contribution in [1.29, 1.82) is 0 Å². The van der Waals surface area contributed by atoms with Crippen molar-refractivity contribution in [2.24, 2.45) is 10.3 Å². The quantitative estimate of drug-likeness (QED) is 0.682. The number of hydrogen-bond acceptors (Lipinski definition) is 4. The minimum absolute atomic E-state index is 0.148. The van der Waals surface area contributed by atoms with Crippen LogP contribution in [0.1, 0.15) is 0 Å². The Bertz CT molecular complexity index is 485. The molecule has 86 valence electrons. The molecule has 8 heteroatoms. The summed E-state index contributed by atoms with van der Waals surface area (Å²) in [6.45, 7) is 0. The van der Waals surface area contributed by atoms with Gasteiger partial charge in [-0.2, -0.15) is 0 Å². The molecule has 0 unspecified atom stereocenters. The molecule has 1 rings (SSSR count). The molecule has 4 N–H and O–H groups in total. The van der Waals surface area contributed by atoms with Gasteiger partial charge in [0.05, 0.1) is 11.2 Å². The minimum Gasteiger partial charge on any atom is -0.229 e. The molecule has 0 aliphatic rings. The van der Waals surface area contributed by atoms with Crippen LogP contribution in [0.15, 0.2) is 35.2 Å². The Morgan fingerprint density at radius 3 is 1.47 bits per heavy atom. The molecule has 6 nitrogen and oxygen atoms in total. The molecule has 0 aliphatic heterocycles. The zero-order valence-corrected chi connectivity index (χ0v) is 9.62. The van der Waals surface area contributed by atoms with Crippen molar-refractivity contribution in [3.05, 3.63) is 30.3 Å². The first-order valence-corrected chi connectivity index (χ1v) is 7.16. The van der Waals surface area contributed by atoms with Crippen LogP contribution in [-0.2, 0) is 20.0 Å². The SMILES string of the molecule is CS(N)(=O)=O.NS(=O)(=O)c1ccccc1. The Morgan fingerprint density at radius 1 is 0.933 bits per heavy atom. The topological polar surface area (TPSA) is 120 Å². The van der Waals surface area contributed by atoms with E-state index in [0.717, 1.165) is 6.26 Å². The maximum absolute atomic E-state index is 10.6. The molecule has 0 spiro atoms. The highest BCUT2D eigenvalue weighted by atomic mass is 32.2. The van der Waals surface area contributed by atoms with E-state index in [-0.39, 0.29) is 4.90 Å². The Balaban J connectivity index is 0.000000336. The second-order valence-corrected chi connectivity index (χ2v) is 5.91. The van der Waals surface area contributed by atoms with E-state index in [2.05, 4.69) is 5.14 Å². The highest BCUT2D eigenvalue weighted by Crippen LogP contribution is 2.02. The Morgan fingerprint density at radius 2 is 1.27 bits per heavy atom. The first kappa shape index (κ1) is 14.0. The number of benzene rings is 1. The highest BCUT2D eigenvalue weighted by molar-refractivity contribution is 7.89. The molecule has 0 amide bonds. The second kappa shape index (κ2) is 5.21. The predicted molar refractivity (Wildman–Crippen MR) is 56.8 cm³/mol. The Labute approximate surface area is 89.0 Å². The summed E-state index contributed by atoms with van der Waals surface area (Å²) in [5.41, 5.74) is 0. The van der Waals surface area contributed by atoms with E-state index in [0.29, 0.717) is 0 Å². The van der Waals surface area contributed by atoms with Gasteiger partial charge in [-0.25, -0.2) is 27.1 Å². The lowest BCUT2D eigenvalue weighted by molar-refractivity contribution is 0.597. The van der Waals surface area contributed by atoms with Crippen molar-refractivity contribution in [3.63, 3.8) is 0 Å². The average molecular weight is 252 g/mol. The normalized spacial score (nSPS) is 11.4. The van der Waals surface area contributed by atoms with Gasteiger partial charge in [0, 0.05) is 0 Å². The van der Waals surface area contributed by atoms with Crippen LogP contribution in [0.2, 0.25) is 0 Å². The van der Waals surface area contributed by atoms with Crippen molar-refractivity contribution in [2.45, 2.75) is 4.90 Å². The number of hydrogen-bond donors (Lipinski definition) is 2. The van der Waals surface area contributed by atoms with Crippen molar-refractivity contribution >= 4 is 20.0 Å². The van der Waals surface area contributed by atoms with Gasteiger partial charge in [-0.15, -0.1) is 0 Å². The summed E-state index contributed by atoms with van der Waals surface area (Å²) < 4.78 is 40.0. The molecule has 0 aromatic heterocycles. The van der Waals surface area contributed by atoms with Crippen molar-refractivity contribution in [2.75, 3.05) is 6.26 Å². The van der Waals surface area contributed by atoms with E-state index in [1.807, 2.05) is 0 Å². The van der Waals surface area contributed by atoms with Crippen molar-refractivity contribution in [3.8, 4) is 0 Å². The minimum atomic E-state index is -3.50. The molecule has 1 aromatic carbocycles. The lowest BCUT2D eigenvalue weighted by atomic mass is 10.4. The zero-order chi connectivity index (χ0) is 12.1. The number of primary sulfonamides is 2. The fourth-order valence-corrected chi connectivity index (χ4v) is 1.15. The smallest absolute Gasteiger partial charge is 0.229 e. The van der Waals surface area contributed by atoms with E-state index in [9.17, 15) is 16.8 Å². The third-order valence-electron chi connectivity index (χ3n) is 1.07. The molecular weight excluding hydrogens is 240 g/mol. The van der Waals surface area contributed by atoms with Crippen LogP contribution in [0.4, 0.5) is 0 Å². The van der Waals surface area contributed by atoms with Gasteiger partial charge in [0.15, 0.2) is 0 Å². The average Bonchev–Trinajstić information content (AvgIpc) is 2.01. The molecule has 0 radical (unpaired) electrons. The molecule has 0 fully saturated rings. The summed E-state index contributed by atoms with van der Waals surface area (Å²) in [5.74, 6) is 0. The van der Waals surface area contributed by atoms with Crippen LogP contribution >= 0.6 is 0 Å². The second-order valence-electron chi connectivity index (χ2n) is 2.69. The molecular formula is C7H12N2O4S2. The van der Waals surface area contributed by atoms with E-state index < -0.39 is 20.0 Å². The van der Waals surface area contributed by atoms with E-state index >= 15 is 0 Å². The van der Waals surface area contributed by atoms with E-state index in [1.54, 1.807) is 18.2 Å². The standard InChI is InChI=1S/C6H7NO2S.CH5NO2S/c7-10(8,9)6-4-2-1-3-5-6;1-5(2,3)4/h1-5H,(H2,7,8,9);1H3,(H2,2,3,4). The summed E-state index contributed by atoms with van der Waals surface area (Å²) in [6.07, 6.45) is 0.938. The van der Waals surface area contributed by atoms with Gasteiger partial charge in [-0.05, 0) is 12.1 Å². The molecule has 15 heavy (non-hydrogen) atoms.